The lowest BCUT2D eigenvalue weighted by Crippen LogP contribution is -2.43. The fourth-order valence-electron chi connectivity index (χ4n) is 2.47. The Hall–Kier alpha value is -2.40. The van der Waals surface area contributed by atoms with Crippen molar-refractivity contribution in [2.75, 3.05) is 32.9 Å². The molecule has 2 aliphatic heterocycles. The SMILES string of the molecule is CC1(c2ccnc(OCC(=O)N3CCOCC3)c2)N=C(C(F)(F)F)ON1. The van der Waals surface area contributed by atoms with Gasteiger partial charge in [-0.3, -0.25) is 4.79 Å². The molecule has 1 amide bonds. The predicted molar refractivity (Wildman–Crippen MR) is 82.2 cm³/mol. The third-order valence-corrected chi connectivity index (χ3v) is 3.92. The molecular weight excluding hydrogens is 357 g/mol. The van der Waals surface area contributed by atoms with Gasteiger partial charge in [0.15, 0.2) is 12.3 Å². The maximum atomic E-state index is 12.7. The summed E-state index contributed by atoms with van der Waals surface area (Å²) in [6.45, 7) is 3.12. The van der Waals surface area contributed by atoms with Crippen molar-refractivity contribution < 1.29 is 32.3 Å². The number of hydrogen-bond acceptors (Lipinski definition) is 7. The van der Waals surface area contributed by atoms with Gasteiger partial charge < -0.3 is 19.2 Å². The second-order valence-corrected chi connectivity index (χ2v) is 5.86. The molecule has 1 atom stereocenters. The van der Waals surface area contributed by atoms with Crippen molar-refractivity contribution in [3.05, 3.63) is 23.9 Å². The summed E-state index contributed by atoms with van der Waals surface area (Å²) >= 11 is 0. The molecule has 1 fully saturated rings. The lowest BCUT2D eigenvalue weighted by Gasteiger charge is -2.26. The molecule has 0 saturated carbocycles. The number of carbonyl (C=O) groups is 1. The van der Waals surface area contributed by atoms with E-state index in [1.807, 2.05) is 0 Å². The molecule has 0 aliphatic carbocycles. The van der Waals surface area contributed by atoms with Gasteiger partial charge >= 0.3 is 12.1 Å². The van der Waals surface area contributed by atoms with Gasteiger partial charge in [0.1, 0.15) is 0 Å². The quantitative estimate of drug-likeness (QED) is 0.846. The van der Waals surface area contributed by atoms with E-state index in [9.17, 15) is 18.0 Å². The monoisotopic (exact) mass is 374 g/mol. The van der Waals surface area contributed by atoms with E-state index in [0.29, 0.717) is 31.9 Å². The van der Waals surface area contributed by atoms with E-state index >= 15 is 0 Å². The molecule has 0 radical (unpaired) electrons. The zero-order valence-corrected chi connectivity index (χ0v) is 13.9. The van der Waals surface area contributed by atoms with Crippen LogP contribution in [0.15, 0.2) is 23.3 Å². The van der Waals surface area contributed by atoms with Gasteiger partial charge in [-0.25, -0.2) is 9.98 Å². The Labute approximate surface area is 146 Å². The van der Waals surface area contributed by atoms with Crippen LogP contribution < -0.4 is 10.2 Å². The van der Waals surface area contributed by atoms with Crippen LogP contribution in [0.5, 0.6) is 5.88 Å². The number of aromatic nitrogens is 1. The first-order chi connectivity index (χ1) is 12.3. The number of halogens is 3. The summed E-state index contributed by atoms with van der Waals surface area (Å²) in [4.78, 5) is 25.7. The molecule has 1 unspecified atom stereocenters. The predicted octanol–water partition coefficient (Wildman–Crippen LogP) is 0.988. The van der Waals surface area contributed by atoms with Gasteiger partial charge in [0, 0.05) is 30.9 Å². The van der Waals surface area contributed by atoms with Crippen LogP contribution >= 0.6 is 0 Å². The van der Waals surface area contributed by atoms with Crippen molar-refractivity contribution in [3.63, 3.8) is 0 Å². The molecule has 0 spiro atoms. The number of alkyl halides is 3. The minimum Gasteiger partial charge on any atom is -0.468 e. The Kier molecular flexibility index (Phi) is 5.01. The molecule has 1 saturated heterocycles. The minimum atomic E-state index is -4.69. The van der Waals surface area contributed by atoms with E-state index in [-0.39, 0.29) is 18.4 Å². The molecule has 8 nitrogen and oxygen atoms in total. The number of nitrogens with zero attached hydrogens (tertiary/aromatic N) is 3. The van der Waals surface area contributed by atoms with Gasteiger partial charge in [0.05, 0.1) is 13.2 Å². The van der Waals surface area contributed by atoms with Crippen LogP contribution in [0, 0.1) is 0 Å². The number of amides is 1. The Bertz CT molecular complexity index is 706. The van der Waals surface area contributed by atoms with E-state index in [1.54, 1.807) is 4.90 Å². The summed E-state index contributed by atoms with van der Waals surface area (Å²) in [7, 11) is 0. The molecule has 26 heavy (non-hydrogen) atoms. The fourth-order valence-corrected chi connectivity index (χ4v) is 2.47. The normalized spacial score (nSPS) is 23.4. The summed E-state index contributed by atoms with van der Waals surface area (Å²) in [5, 5.41) is 0. The number of nitrogens with one attached hydrogen (secondary N) is 1. The molecular formula is C15H17F3N4O4. The van der Waals surface area contributed by atoms with Crippen molar-refractivity contribution in [2.45, 2.75) is 18.8 Å². The lowest BCUT2D eigenvalue weighted by atomic mass is 10.0. The Balaban J connectivity index is 1.67. The first-order valence-corrected chi connectivity index (χ1v) is 7.84. The number of hydroxylamine groups is 1. The highest BCUT2D eigenvalue weighted by Crippen LogP contribution is 2.32. The van der Waals surface area contributed by atoms with Crippen molar-refractivity contribution in [3.8, 4) is 5.88 Å². The van der Waals surface area contributed by atoms with Gasteiger partial charge in [0.2, 0.25) is 5.88 Å². The standard InChI is InChI=1S/C15H17F3N4O4/c1-14(20-13(26-21-14)15(16,17)18)10-2-3-19-11(8-10)25-9-12(23)22-4-6-24-7-5-22/h2-3,8,21H,4-7,9H2,1H3. The second-order valence-electron chi connectivity index (χ2n) is 5.86. The number of rotatable bonds is 4. The van der Waals surface area contributed by atoms with E-state index in [2.05, 4.69) is 20.3 Å². The molecule has 1 aromatic rings. The van der Waals surface area contributed by atoms with E-state index in [4.69, 9.17) is 9.47 Å². The van der Waals surface area contributed by atoms with Gasteiger partial charge in [-0.05, 0) is 13.0 Å². The van der Waals surface area contributed by atoms with Crippen molar-refractivity contribution >= 4 is 11.8 Å². The molecule has 3 rings (SSSR count). The molecule has 1 aromatic heterocycles. The number of morpholine rings is 1. The van der Waals surface area contributed by atoms with Crippen molar-refractivity contribution in [2.24, 2.45) is 4.99 Å². The second kappa shape index (κ2) is 7.08. The maximum Gasteiger partial charge on any atom is 0.470 e. The highest BCUT2D eigenvalue weighted by Gasteiger charge is 2.46. The van der Waals surface area contributed by atoms with Crippen molar-refractivity contribution in [1.29, 1.82) is 0 Å². The molecule has 11 heteroatoms. The number of carbonyl (C=O) groups excluding carboxylic acids is 1. The van der Waals surface area contributed by atoms with Crippen LogP contribution in [0.25, 0.3) is 0 Å². The number of ether oxygens (including phenoxy) is 2. The van der Waals surface area contributed by atoms with Gasteiger partial charge in [0.25, 0.3) is 5.91 Å². The Morgan fingerprint density at radius 2 is 2.15 bits per heavy atom. The minimum absolute atomic E-state index is 0.0998. The molecule has 0 aromatic carbocycles. The zero-order chi connectivity index (χ0) is 18.8. The summed E-state index contributed by atoms with van der Waals surface area (Å²) < 4.78 is 48.7. The lowest BCUT2D eigenvalue weighted by molar-refractivity contribution is -0.137. The van der Waals surface area contributed by atoms with Crippen molar-refractivity contribution in [1.82, 2.24) is 15.4 Å². The highest BCUT2D eigenvalue weighted by atomic mass is 19.4. The molecule has 2 aliphatic rings. The maximum absolute atomic E-state index is 12.7. The van der Waals surface area contributed by atoms with E-state index in [1.165, 1.54) is 25.3 Å². The first kappa shape index (κ1) is 18.4. The topological polar surface area (TPSA) is 85.3 Å². The summed E-state index contributed by atoms with van der Waals surface area (Å²) in [6.07, 6.45) is -3.33. The van der Waals surface area contributed by atoms with E-state index < -0.39 is 17.7 Å². The largest absolute Gasteiger partial charge is 0.470 e. The molecule has 0 bridgehead atoms. The summed E-state index contributed by atoms with van der Waals surface area (Å²) in [5.74, 6) is -1.48. The number of hydrogen-bond donors (Lipinski definition) is 1. The summed E-state index contributed by atoms with van der Waals surface area (Å²) in [6, 6.07) is 2.89. The van der Waals surface area contributed by atoms with Gasteiger partial charge in [-0.15, -0.1) is 5.48 Å². The average molecular weight is 374 g/mol. The van der Waals surface area contributed by atoms with Crippen LogP contribution in [0.3, 0.4) is 0 Å². The zero-order valence-electron chi connectivity index (χ0n) is 13.9. The fraction of sp³-hybridized carbons (Fsp3) is 0.533. The molecule has 1 N–H and O–H groups in total. The summed E-state index contributed by atoms with van der Waals surface area (Å²) in [5.41, 5.74) is 1.16. The molecule has 3 heterocycles. The van der Waals surface area contributed by atoms with Crippen LogP contribution in [-0.4, -0.2) is 60.8 Å². The van der Waals surface area contributed by atoms with Crippen LogP contribution in [0.1, 0.15) is 12.5 Å². The number of pyridine rings is 1. The van der Waals surface area contributed by atoms with E-state index in [0.717, 1.165) is 0 Å². The van der Waals surface area contributed by atoms with Gasteiger partial charge in [-0.2, -0.15) is 13.2 Å². The first-order valence-electron chi connectivity index (χ1n) is 7.84. The highest BCUT2D eigenvalue weighted by molar-refractivity contribution is 5.83. The number of aliphatic imine (C=N–C) groups is 1. The third-order valence-electron chi connectivity index (χ3n) is 3.92. The average Bonchev–Trinajstić information content (AvgIpc) is 3.05. The van der Waals surface area contributed by atoms with Gasteiger partial charge in [-0.1, -0.05) is 0 Å². The Morgan fingerprint density at radius 3 is 2.81 bits per heavy atom. The molecule has 142 valence electrons. The van der Waals surface area contributed by atoms with Crippen LogP contribution in [-0.2, 0) is 20.0 Å². The van der Waals surface area contributed by atoms with Crippen LogP contribution in [0.4, 0.5) is 13.2 Å². The third kappa shape index (κ3) is 4.05. The smallest absolute Gasteiger partial charge is 0.468 e. The van der Waals surface area contributed by atoms with Crippen LogP contribution in [0.2, 0.25) is 0 Å². The Morgan fingerprint density at radius 1 is 1.42 bits per heavy atom.